The fourth-order valence-electron chi connectivity index (χ4n) is 1.42. The van der Waals surface area contributed by atoms with Crippen LogP contribution >= 0.6 is 0 Å². The van der Waals surface area contributed by atoms with Crippen molar-refractivity contribution in [2.24, 2.45) is 0 Å². The number of hydrogen-bond donors (Lipinski definition) is 1. The normalized spacial score (nSPS) is 14.0. The van der Waals surface area contributed by atoms with Crippen molar-refractivity contribution in [3.63, 3.8) is 0 Å². The Bertz CT molecular complexity index is 445. The molecule has 0 aromatic carbocycles. The van der Waals surface area contributed by atoms with Crippen LogP contribution in [-0.2, 0) is 14.3 Å². The summed E-state index contributed by atoms with van der Waals surface area (Å²) in [6.07, 6.45) is -0.918. The molecule has 0 aromatic heterocycles. The van der Waals surface area contributed by atoms with E-state index < -0.39 is 39.8 Å². The number of hydrogen-bond acceptors (Lipinski definition) is 6. The maximum absolute atomic E-state index is 12.2. The monoisotopic (exact) mass is 318 g/mol. The smallest absolute Gasteiger partial charge is 0.408 e. The predicted molar refractivity (Wildman–Crippen MR) is 80.1 cm³/mol. The van der Waals surface area contributed by atoms with E-state index in [9.17, 15) is 19.7 Å². The Balaban J connectivity index is 5.33. The van der Waals surface area contributed by atoms with Crippen molar-refractivity contribution >= 4 is 12.1 Å². The molecule has 0 aliphatic rings. The summed E-state index contributed by atoms with van der Waals surface area (Å²) in [5.74, 6) is -0.889. The highest BCUT2D eigenvalue weighted by molar-refractivity contribution is 5.83. The fourth-order valence-corrected chi connectivity index (χ4v) is 1.42. The van der Waals surface area contributed by atoms with E-state index in [-0.39, 0.29) is 0 Å². The van der Waals surface area contributed by atoms with Crippen LogP contribution < -0.4 is 5.32 Å². The number of nitrogens with one attached hydrogen (secondary N) is 1. The lowest BCUT2D eigenvalue weighted by atomic mass is 9.95. The van der Waals surface area contributed by atoms with Crippen molar-refractivity contribution in [3.8, 4) is 0 Å². The largest absolute Gasteiger partial charge is 0.458 e. The van der Waals surface area contributed by atoms with Crippen LogP contribution in [0.15, 0.2) is 0 Å². The molecule has 0 saturated carbocycles. The van der Waals surface area contributed by atoms with E-state index in [1.54, 1.807) is 41.5 Å². The van der Waals surface area contributed by atoms with Gasteiger partial charge in [-0.2, -0.15) is 0 Å². The van der Waals surface area contributed by atoms with Crippen LogP contribution in [0.3, 0.4) is 0 Å². The van der Waals surface area contributed by atoms with Gasteiger partial charge >= 0.3 is 12.1 Å². The minimum Gasteiger partial charge on any atom is -0.458 e. The summed E-state index contributed by atoms with van der Waals surface area (Å²) in [5, 5.41) is 13.4. The molecule has 1 atom stereocenters. The minimum atomic E-state index is -1.75. The number of alkyl carbamates (subject to hydrolysis) is 1. The molecule has 0 bridgehead atoms. The summed E-state index contributed by atoms with van der Waals surface area (Å²) in [6, 6.07) is -1.48. The van der Waals surface area contributed by atoms with Gasteiger partial charge < -0.3 is 14.8 Å². The van der Waals surface area contributed by atoms with Gasteiger partial charge in [-0.1, -0.05) is 0 Å². The van der Waals surface area contributed by atoms with Gasteiger partial charge in [0.15, 0.2) is 6.04 Å². The van der Waals surface area contributed by atoms with Gasteiger partial charge in [0.1, 0.15) is 11.2 Å². The van der Waals surface area contributed by atoms with Gasteiger partial charge in [0, 0.05) is 18.8 Å². The average Bonchev–Trinajstić information content (AvgIpc) is 2.20. The maximum Gasteiger partial charge on any atom is 0.408 e. The highest BCUT2D eigenvalue weighted by Crippen LogP contribution is 2.19. The van der Waals surface area contributed by atoms with Crippen LogP contribution in [0.2, 0.25) is 0 Å². The third-order valence-electron chi connectivity index (χ3n) is 2.48. The highest BCUT2D eigenvalue weighted by Gasteiger charge is 2.49. The van der Waals surface area contributed by atoms with Crippen molar-refractivity contribution in [1.29, 1.82) is 0 Å². The van der Waals surface area contributed by atoms with E-state index in [1.165, 1.54) is 13.8 Å². The molecule has 22 heavy (non-hydrogen) atoms. The summed E-state index contributed by atoms with van der Waals surface area (Å²) in [4.78, 5) is 34.6. The van der Waals surface area contributed by atoms with Crippen molar-refractivity contribution in [2.75, 3.05) is 0 Å². The third kappa shape index (κ3) is 6.73. The molecule has 1 amide bonds. The molecule has 0 aliphatic carbocycles. The van der Waals surface area contributed by atoms with Gasteiger partial charge in [0.2, 0.25) is 5.54 Å². The van der Waals surface area contributed by atoms with Gasteiger partial charge in [0.25, 0.3) is 0 Å². The van der Waals surface area contributed by atoms with Crippen LogP contribution in [0.25, 0.3) is 0 Å². The molecular weight excluding hydrogens is 292 g/mol. The van der Waals surface area contributed by atoms with Gasteiger partial charge in [-0.3, -0.25) is 10.1 Å². The summed E-state index contributed by atoms with van der Waals surface area (Å²) < 4.78 is 10.2. The second-order valence-corrected chi connectivity index (χ2v) is 7.52. The standard InChI is InChI=1S/C14H26N2O6/c1-12(2,3)21-10(17)9(14(7,8)16(19)20)15-11(18)22-13(4,5)6/h9H,1-8H3,(H,15,18). The summed E-state index contributed by atoms with van der Waals surface area (Å²) in [7, 11) is 0. The molecule has 1 unspecified atom stereocenters. The number of carbonyl (C=O) groups is 2. The first-order valence-electron chi connectivity index (χ1n) is 6.93. The number of rotatable bonds is 4. The molecule has 0 radical (unpaired) electrons. The summed E-state index contributed by atoms with van der Waals surface area (Å²) in [5.41, 5.74) is -3.38. The first-order chi connectivity index (χ1) is 9.56. The zero-order valence-corrected chi connectivity index (χ0v) is 14.5. The summed E-state index contributed by atoms with van der Waals surface area (Å²) in [6.45, 7) is 12.3. The molecule has 0 saturated heterocycles. The van der Waals surface area contributed by atoms with Crippen molar-refractivity contribution in [3.05, 3.63) is 10.1 Å². The molecule has 8 nitrogen and oxygen atoms in total. The molecule has 0 heterocycles. The van der Waals surface area contributed by atoms with Crippen LogP contribution in [-0.4, -0.2) is 39.8 Å². The maximum atomic E-state index is 12.2. The van der Waals surface area contributed by atoms with Crippen LogP contribution in [0.4, 0.5) is 4.79 Å². The zero-order chi connectivity index (χ0) is 17.9. The van der Waals surface area contributed by atoms with Crippen molar-refractivity contribution < 1.29 is 24.0 Å². The van der Waals surface area contributed by atoms with Crippen molar-refractivity contribution in [1.82, 2.24) is 5.32 Å². The fraction of sp³-hybridized carbons (Fsp3) is 0.857. The highest BCUT2D eigenvalue weighted by atomic mass is 16.6. The Hall–Kier alpha value is -1.86. The van der Waals surface area contributed by atoms with Gasteiger partial charge in [0.05, 0.1) is 0 Å². The third-order valence-corrected chi connectivity index (χ3v) is 2.48. The average molecular weight is 318 g/mol. The lowest BCUT2D eigenvalue weighted by Gasteiger charge is -2.30. The topological polar surface area (TPSA) is 108 Å². The molecule has 0 spiro atoms. The second kappa shape index (κ2) is 6.50. The minimum absolute atomic E-state index is 0.640. The Labute approximate surface area is 130 Å². The number of esters is 1. The van der Waals surface area contributed by atoms with E-state index in [1.807, 2.05) is 0 Å². The lowest BCUT2D eigenvalue weighted by Crippen LogP contribution is -2.59. The number of ether oxygens (including phenoxy) is 2. The van der Waals surface area contributed by atoms with Crippen LogP contribution in [0, 0.1) is 10.1 Å². The van der Waals surface area contributed by atoms with Crippen molar-refractivity contribution in [2.45, 2.75) is 78.2 Å². The number of amides is 1. The first kappa shape index (κ1) is 20.1. The van der Waals surface area contributed by atoms with Gasteiger partial charge in [-0.15, -0.1) is 0 Å². The van der Waals surface area contributed by atoms with Crippen LogP contribution in [0.5, 0.6) is 0 Å². The second-order valence-electron chi connectivity index (χ2n) is 7.52. The van der Waals surface area contributed by atoms with E-state index in [2.05, 4.69) is 5.32 Å². The molecule has 1 N–H and O–H groups in total. The lowest BCUT2D eigenvalue weighted by molar-refractivity contribution is -0.562. The molecule has 8 heteroatoms. The Morgan fingerprint density at radius 1 is 0.955 bits per heavy atom. The molecule has 128 valence electrons. The summed E-state index contributed by atoms with van der Waals surface area (Å²) >= 11 is 0. The molecule has 0 fully saturated rings. The Morgan fingerprint density at radius 2 is 1.36 bits per heavy atom. The van der Waals surface area contributed by atoms with Gasteiger partial charge in [-0.05, 0) is 41.5 Å². The van der Waals surface area contributed by atoms with E-state index in [0.29, 0.717) is 0 Å². The number of nitro groups is 1. The Morgan fingerprint density at radius 3 is 1.68 bits per heavy atom. The number of nitrogens with zero attached hydrogens (tertiary/aromatic N) is 1. The molecule has 0 aromatic rings. The number of carbonyl (C=O) groups excluding carboxylic acids is 2. The first-order valence-corrected chi connectivity index (χ1v) is 6.93. The molecule has 0 aliphatic heterocycles. The quantitative estimate of drug-likeness (QED) is 0.484. The molecule has 0 rings (SSSR count). The SMILES string of the molecule is CC(C)(C)OC(=O)NC(C(=O)OC(C)(C)C)C(C)(C)[N+](=O)[O-]. The Kier molecular flexibility index (Phi) is 5.95. The van der Waals surface area contributed by atoms with E-state index >= 15 is 0 Å². The van der Waals surface area contributed by atoms with E-state index in [4.69, 9.17) is 9.47 Å². The van der Waals surface area contributed by atoms with Gasteiger partial charge in [-0.25, -0.2) is 9.59 Å². The molecular formula is C14H26N2O6. The van der Waals surface area contributed by atoms with Crippen LogP contribution in [0.1, 0.15) is 55.4 Å². The predicted octanol–water partition coefficient (Wildman–Crippen LogP) is 2.28. The van der Waals surface area contributed by atoms with E-state index in [0.717, 1.165) is 0 Å². The zero-order valence-electron chi connectivity index (χ0n) is 14.5.